The highest BCUT2D eigenvalue weighted by Gasteiger charge is 2.51. The number of carbonyl (C=O) groups is 1. The maximum atomic E-state index is 12.5. The first-order valence-corrected chi connectivity index (χ1v) is 10.1. The van der Waals surface area contributed by atoms with Crippen molar-refractivity contribution >= 4 is 6.03 Å². The summed E-state index contributed by atoms with van der Waals surface area (Å²) in [6.07, 6.45) is 7.70. The molecule has 4 fully saturated rings. The summed E-state index contributed by atoms with van der Waals surface area (Å²) in [7, 11) is 0. The quantitative estimate of drug-likeness (QED) is 0.777. The van der Waals surface area contributed by atoms with E-state index in [1.165, 1.54) is 19.3 Å². The predicted octanol–water partition coefficient (Wildman–Crippen LogP) is 2.92. The van der Waals surface area contributed by atoms with Crippen LogP contribution in [0.25, 0.3) is 0 Å². The van der Waals surface area contributed by atoms with Gasteiger partial charge in [-0.1, -0.05) is 6.07 Å². The molecule has 1 aliphatic heterocycles. The minimum Gasteiger partial charge on any atom is -0.493 e. The predicted molar refractivity (Wildman–Crippen MR) is 98.0 cm³/mol. The molecule has 26 heavy (non-hydrogen) atoms. The van der Waals surface area contributed by atoms with Crippen molar-refractivity contribution in [3.8, 4) is 5.75 Å². The number of ether oxygens (including phenoxy) is 1. The lowest BCUT2D eigenvalue weighted by Crippen LogP contribution is -2.61. The molecule has 1 aromatic carbocycles. The van der Waals surface area contributed by atoms with Crippen LogP contribution in [0, 0.1) is 17.8 Å². The zero-order valence-corrected chi connectivity index (χ0v) is 15.2. The lowest BCUT2D eigenvalue weighted by Gasteiger charge is -2.56. The van der Waals surface area contributed by atoms with Crippen molar-refractivity contribution in [3.63, 3.8) is 0 Å². The van der Waals surface area contributed by atoms with Gasteiger partial charge in [0.15, 0.2) is 0 Å². The van der Waals surface area contributed by atoms with E-state index in [1.807, 2.05) is 18.2 Å². The van der Waals surface area contributed by atoms with Crippen LogP contribution in [-0.2, 0) is 6.42 Å². The number of benzene rings is 1. The SMILES string of the molecule is O=C(NCC(O)c1ccc2c(c1)CCO2)NC12CC3CC(CC(C3)C1)C2. The molecule has 140 valence electrons. The van der Waals surface area contributed by atoms with Gasteiger partial charge in [0.25, 0.3) is 0 Å². The van der Waals surface area contributed by atoms with Gasteiger partial charge >= 0.3 is 6.03 Å². The van der Waals surface area contributed by atoms with Crippen molar-refractivity contribution in [1.82, 2.24) is 10.6 Å². The Bertz CT molecular complexity index is 682. The molecule has 5 nitrogen and oxygen atoms in total. The molecule has 0 aromatic heterocycles. The summed E-state index contributed by atoms with van der Waals surface area (Å²) in [6.45, 7) is 0.943. The van der Waals surface area contributed by atoms with Crippen LogP contribution in [0.3, 0.4) is 0 Å². The zero-order chi connectivity index (χ0) is 17.7. The lowest BCUT2D eigenvalue weighted by atomic mass is 9.53. The Balaban J connectivity index is 1.17. The van der Waals surface area contributed by atoms with Crippen molar-refractivity contribution in [3.05, 3.63) is 29.3 Å². The lowest BCUT2D eigenvalue weighted by molar-refractivity contribution is -0.0136. The van der Waals surface area contributed by atoms with Gasteiger partial charge in [-0.3, -0.25) is 0 Å². The summed E-state index contributed by atoms with van der Waals surface area (Å²) >= 11 is 0. The van der Waals surface area contributed by atoms with Crippen molar-refractivity contribution < 1.29 is 14.6 Å². The van der Waals surface area contributed by atoms with Gasteiger partial charge in [0.2, 0.25) is 0 Å². The van der Waals surface area contributed by atoms with Crippen LogP contribution in [0.1, 0.15) is 55.8 Å². The highest BCUT2D eigenvalue weighted by atomic mass is 16.5. The van der Waals surface area contributed by atoms with Gasteiger partial charge in [0.1, 0.15) is 5.75 Å². The second kappa shape index (κ2) is 6.15. The second-order valence-corrected chi connectivity index (χ2v) is 9.01. The molecule has 5 aliphatic rings. The number of fused-ring (bicyclic) bond motifs is 1. The molecule has 3 N–H and O–H groups in total. The van der Waals surface area contributed by atoms with Gasteiger partial charge in [0.05, 0.1) is 12.7 Å². The van der Waals surface area contributed by atoms with Crippen LogP contribution in [0.2, 0.25) is 0 Å². The molecule has 6 rings (SSSR count). The van der Waals surface area contributed by atoms with Gasteiger partial charge in [-0.25, -0.2) is 4.79 Å². The van der Waals surface area contributed by atoms with E-state index in [0.717, 1.165) is 60.3 Å². The first-order chi connectivity index (χ1) is 12.6. The Labute approximate surface area is 154 Å². The van der Waals surface area contributed by atoms with Crippen LogP contribution >= 0.6 is 0 Å². The topological polar surface area (TPSA) is 70.6 Å². The van der Waals surface area contributed by atoms with Crippen LogP contribution in [0.4, 0.5) is 4.79 Å². The van der Waals surface area contributed by atoms with Gasteiger partial charge in [-0.2, -0.15) is 0 Å². The van der Waals surface area contributed by atoms with E-state index < -0.39 is 6.10 Å². The molecule has 4 bridgehead atoms. The standard InChI is InChI=1S/C21H28N2O3/c24-18(16-1-2-19-17(8-16)3-4-26-19)12-22-20(25)23-21-9-13-5-14(10-21)7-15(6-13)11-21/h1-2,8,13-15,18,24H,3-7,9-12H2,(H2,22,23,25). The molecule has 1 atom stereocenters. The summed E-state index contributed by atoms with van der Waals surface area (Å²) < 4.78 is 5.50. The molecule has 0 radical (unpaired) electrons. The number of rotatable bonds is 4. The zero-order valence-electron chi connectivity index (χ0n) is 15.2. The highest BCUT2D eigenvalue weighted by Crippen LogP contribution is 2.55. The third kappa shape index (κ3) is 2.96. The van der Waals surface area contributed by atoms with Crippen molar-refractivity contribution in [2.45, 2.75) is 56.6 Å². The van der Waals surface area contributed by atoms with Crippen LogP contribution in [0.15, 0.2) is 18.2 Å². The molecular formula is C21H28N2O3. The molecule has 1 aromatic rings. The third-order valence-electron chi connectivity index (χ3n) is 6.97. The normalized spacial score (nSPS) is 34.9. The van der Waals surface area contributed by atoms with Crippen LogP contribution in [-0.4, -0.2) is 29.8 Å². The molecule has 0 saturated heterocycles. The van der Waals surface area contributed by atoms with Crippen molar-refractivity contribution in [2.24, 2.45) is 17.8 Å². The van der Waals surface area contributed by atoms with E-state index in [4.69, 9.17) is 4.74 Å². The van der Waals surface area contributed by atoms with Gasteiger partial charge < -0.3 is 20.5 Å². The van der Waals surface area contributed by atoms with Gasteiger partial charge in [0, 0.05) is 18.5 Å². The first-order valence-electron chi connectivity index (χ1n) is 10.1. The molecule has 0 spiro atoms. The fourth-order valence-corrected chi connectivity index (χ4v) is 6.27. The number of hydrogen-bond acceptors (Lipinski definition) is 3. The van der Waals surface area contributed by atoms with Gasteiger partial charge in [-0.15, -0.1) is 0 Å². The summed E-state index contributed by atoms with van der Waals surface area (Å²) in [5, 5.41) is 16.6. The maximum absolute atomic E-state index is 12.5. The minimum absolute atomic E-state index is 0.00863. The number of urea groups is 1. The Hall–Kier alpha value is -1.75. The summed E-state index contributed by atoms with van der Waals surface area (Å²) in [5.41, 5.74) is 1.98. The van der Waals surface area contributed by atoms with E-state index in [-0.39, 0.29) is 18.1 Å². The van der Waals surface area contributed by atoms with Crippen molar-refractivity contribution in [1.29, 1.82) is 0 Å². The van der Waals surface area contributed by atoms with E-state index in [2.05, 4.69) is 10.6 Å². The number of amides is 2. The third-order valence-corrected chi connectivity index (χ3v) is 6.97. The minimum atomic E-state index is -0.692. The van der Waals surface area contributed by atoms with E-state index >= 15 is 0 Å². The average molecular weight is 356 g/mol. The summed E-state index contributed by atoms with van der Waals surface area (Å²) in [4.78, 5) is 12.5. The Morgan fingerprint density at radius 3 is 2.58 bits per heavy atom. The first kappa shape index (κ1) is 16.4. The molecular weight excluding hydrogens is 328 g/mol. The fourth-order valence-electron chi connectivity index (χ4n) is 6.27. The Kier molecular flexibility index (Phi) is 3.89. The van der Waals surface area contributed by atoms with E-state index in [9.17, 15) is 9.90 Å². The maximum Gasteiger partial charge on any atom is 0.315 e. The largest absolute Gasteiger partial charge is 0.493 e. The Morgan fingerprint density at radius 2 is 1.88 bits per heavy atom. The molecule has 4 aliphatic carbocycles. The highest BCUT2D eigenvalue weighted by molar-refractivity contribution is 5.75. The van der Waals surface area contributed by atoms with Crippen LogP contribution < -0.4 is 15.4 Å². The number of nitrogens with one attached hydrogen (secondary N) is 2. The summed E-state index contributed by atoms with van der Waals surface area (Å²) in [5.74, 6) is 3.33. The number of carbonyl (C=O) groups excluding carboxylic acids is 1. The number of aliphatic hydroxyl groups excluding tert-OH is 1. The molecule has 1 unspecified atom stereocenters. The molecule has 4 saturated carbocycles. The molecule has 2 amide bonds. The van der Waals surface area contributed by atoms with E-state index in [0.29, 0.717) is 6.61 Å². The summed E-state index contributed by atoms with van der Waals surface area (Å²) in [6, 6.07) is 5.66. The molecule has 1 heterocycles. The number of hydrogen-bond donors (Lipinski definition) is 3. The fraction of sp³-hybridized carbons (Fsp3) is 0.667. The monoisotopic (exact) mass is 356 g/mol. The molecule has 5 heteroatoms. The second-order valence-electron chi connectivity index (χ2n) is 9.01. The van der Waals surface area contributed by atoms with Gasteiger partial charge in [-0.05, 0) is 79.5 Å². The van der Waals surface area contributed by atoms with E-state index in [1.54, 1.807) is 0 Å². The van der Waals surface area contributed by atoms with Crippen molar-refractivity contribution in [2.75, 3.05) is 13.2 Å². The smallest absolute Gasteiger partial charge is 0.315 e. The average Bonchev–Trinajstić information content (AvgIpc) is 3.05. The Morgan fingerprint density at radius 1 is 1.19 bits per heavy atom. The number of aliphatic hydroxyl groups is 1. The van der Waals surface area contributed by atoms with Crippen LogP contribution in [0.5, 0.6) is 5.75 Å².